The van der Waals surface area contributed by atoms with Crippen LogP contribution in [0.15, 0.2) is 0 Å². The highest BCUT2D eigenvalue weighted by atomic mass is 16.6. The van der Waals surface area contributed by atoms with Crippen molar-refractivity contribution in [3.8, 4) is 0 Å². The molecule has 6 heteroatoms. The number of amides is 1. The van der Waals surface area contributed by atoms with Gasteiger partial charge in [0, 0.05) is 6.42 Å². The van der Waals surface area contributed by atoms with Crippen LogP contribution >= 0.6 is 0 Å². The van der Waals surface area contributed by atoms with Gasteiger partial charge in [-0.15, -0.1) is 0 Å². The van der Waals surface area contributed by atoms with Gasteiger partial charge in [0.25, 0.3) is 0 Å². The Morgan fingerprint density at radius 1 is 1.00 bits per heavy atom. The van der Waals surface area contributed by atoms with Crippen LogP contribution in [-0.4, -0.2) is 37.1 Å². The molecule has 1 aliphatic carbocycles. The third-order valence-corrected chi connectivity index (χ3v) is 3.85. The third-order valence-electron chi connectivity index (χ3n) is 3.85. The van der Waals surface area contributed by atoms with Crippen LogP contribution in [0.5, 0.6) is 0 Å². The van der Waals surface area contributed by atoms with Gasteiger partial charge < -0.3 is 14.8 Å². The minimum atomic E-state index is -1.36. The van der Waals surface area contributed by atoms with Gasteiger partial charge in [-0.3, -0.25) is 4.79 Å². The maximum absolute atomic E-state index is 12.0. The lowest BCUT2D eigenvalue weighted by molar-refractivity contribution is -0.159. The molecule has 0 radical (unpaired) electrons. The van der Waals surface area contributed by atoms with Gasteiger partial charge in [0.2, 0.25) is 11.9 Å². The second kappa shape index (κ2) is 10.2. The summed E-state index contributed by atoms with van der Waals surface area (Å²) in [5, 5.41) is 2.44. The Morgan fingerprint density at radius 2 is 1.55 bits per heavy atom. The van der Waals surface area contributed by atoms with Crippen LogP contribution < -0.4 is 5.32 Å². The summed E-state index contributed by atoms with van der Waals surface area (Å²) in [5.74, 6) is -1.28. The molecule has 6 nitrogen and oxygen atoms in total. The van der Waals surface area contributed by atoms with Gasteiger partial charge in [0.1, 0.15) is 0 Å². The lowest BCUT2D eigenvalue weighted by Crippen LogP contribution is -2.48. The van der Waals surface area contributed by atoms with Gasteiger partial charge >= 0.3 is 11.9 Å². The molecule has 22 heavy (non-hydrogen) atoms. The number of ether oxygens (including phenoxy) is 2. The average Bonchev–Trinajstić information content (AvgIpc) is 2.52. The van der Waals surface area contributed by atoms with Crippen molar-refractivity contribution in [2.45, 2.75) is 64.8 Å². The minimum absolute atomic E-state index is 0.146. The van der Waals surface area contributed by atoms with Crippen molar-refractivity contribution in [1.82, 2.24) is 5.32 Å². The zero-order valence-corrected chi connectivity index (χ0v) is 13.6. The van der Waals surface area contributed by atoms with Crippen LogP contribution in [-0.2, 0) is 23.9 Å². The Balaban J connectivity index is 2.46. The van der Waals surface area contributed by atoms with Crippen molar-refractivity contribution in [2.24, 2.45) is 5.92 Å². The van der Waals surface area contributed by atoms with E-state index in [4.69, 9.17) is 9.47 Å². The van der Waals surface area contributed by atoms with Crippen molar-refractivity contribution in [2.75, 3.05) is 13.2 Å². The van der Waals surface area contributed by atoms with E-state index in [0.29, 0.717) is 12.3 Å². The maximum Gasteiger partial charge on any atom is 0.340 e. The Morgan fingerprint density at radius 3 is 2.05 bits per heavy atom. The lowest BCUT2D eigenvalue weighted by atomic mass is 9.86. The van der Waals surface area contributed by atoms with E-state index in [9.17, 15) is 14.4 Å². The van der Waals surface area contributed by atoms with Crippen LogP contribution in [0, 0.1) is 5.92 Å². The molecule has 1 aliphatic rings. The van der Waals surface area contributed by atoms with Crippen LogP contribution in [0.1, 0.15) is 58.8 Å². The van der Waals surface area contributed by atoms with Crippen molar-refractivity contribution in [3.05, 3.63) is 0 Å². The highest BCUT2D eigenvalue weighted by molar-refractivity contribution is 6.02. The summed E-state index contributed by atoms with van der Waals surface area (Å²) in [6.45, 7) is 3.58. The number of hydrogen-bond acceptors (Lipinski definition) is 5. The summed E-state index contributed by atoms with van der Waals surface area (Å²) in [5.41, 5.74) is 0. The molecular weight excluding hydrogens is 286 g/mol. The molecule has 0 saturated heterocycles. The molecule has 0 aromatic rings. The first-order chi connectivity index (χ1) is 10.6. The van der Waals surface area contributed by atoms with Crippen LogP contribution in [0.25, 0.3) is 0 Å². The Kier molecular flexibility index (Phi) is 8.55. The summed E-state index contributed by atoms with van der Waals surface area (Å²) in [4.78, 5) is 35.5. The van der Waals surface area contributed by atoms with E-state index in [-0.39, 0.29) is 19.1 Å². The van der Waals surface area contributed by atoms with Gasteiger partial charge in [0.15, 0.2) is 0 Å². The molecule has 1 fully saturated rings. The van der Waals surface area contributed by atoms with Gasteiger partial charge in [-0.25, -0.2) is 9.59 Å². The van der Waals surface area contributed by atoms with E-state index >= 15 is 0 Å². The summed E-state index contributed by atoms with van der Waals surface area (Å²) >= 11 is 0. The van der Waals surface area contributed by atoms with Crippen molar-refractivity contribution in [1.29, 1.82) is 0 Å². The number of rotatable bonds is 8. The molecule has 126 valence electrons. The standard InChI is InChI=1S/C16H27NO5/c1-3-21-15(19)14(16(20)22-4-2)17-13(18)11-10-12-8-6-5-7-9-12/h12,14H,3-11H2,1-2H3,(H,17,18). The van der Waals surface area contributed by atoms with E-state index in [1.165, 1.54) is 19.3 Å². The van der Waals surface area contributed by atoms with Crippen LogP contribution in [0.4, 0.5) is 0 Å². The summed E-state index contributed by atoms with van der Waals surface area (Å²) in [6, 6.07) is -1.36. The molecular formula is C16H27NO5. The van der Waals surface area contributed by atoms with E-state index in [0.717, 1.165) is 19.3 Å². The maximum atomic E-state index is 12.0. The first-order valence-electron chi connectivity index (χ1n) is 8.21. The van der Waals surface area contributed by atoms with Gasteiger partial charge in [-0.1, -0.05) is 32.1 Å². The predicted molar refractivity (Wildman–Crippen MR) is 81.0 cm³/mol. The first kappa shape index (κ1) is 18.5. The molecule has 0 bridgehead atoms. The molecule has 1 saturated carbocycles. The zero-order valence-electron chi connectivity index (χ0n) is 13.6. The normalized spacial score (nSPS) is 15.4. The van der Waals surface area contributed by atoms with Gasteiger partial charge in [-0.2, -0.15) is 0 Å². The predicted octanol–water partition coefficient (Wildman–Crippen LogP) is 1.96. The SMILES string of the molecule is CCOC(=O)C(NC(=O)CCC1CCCCC1)C(=O)OCC. The number of carbonyl (C=O) groups excluding carboxylic acids is 3. The Hall–Kier alpha value is -1.59. The van der Waals surface area contributed by atoms with Gasteiger partial charge in [-0.05, 0) is 26.2 Å². The van der Waals surface area contributed by atoms with Crippen molar-refractivity contribution < 1.29 is 23.9 Å². The summed E-state index contributed by atoms with van der Waals surface area (Å²) < 4.78 is 9.62. The highest BCUT2D eigenvalue weighted by Gasteiger charge is 2.31. The Bertz CT molecular complexity index is 359. The molecule has 0 heterocycles. The second-order valence-electron chi connectivity index (χ2n) is 5.55. The topological polar surface area (TPSA) is 81.7 Å². The lowest BCUT2D eigenvalue weighted by Gasteiger charge is -2.21. The van der Waals surface area contributed by atoms with Crippen molar-refractivity contribution >= 4 is 17.8 Å². The quantitative estimate of drug-likeness (QED) is 0.547. The van der Waals surface area contributed by atoms with E-state index in [1.807, 2.05) is 0 Å². The number of hydrogen-bond donors (Lipinski definition) is 1. The largest absolute Gasteiger partial charge is 0.464 e. The smallest absolute Gasteiger partial charge is 0.340 e. The first-order valence-corrected chi connectivity index (χ1v) is 8.21. The molecule has 0 aliphatic heterocycles. The van der Waals surface area contributed by atoms with E-state index in [2.05, 4.69) is 5.32 Å². The number of nitrogens with one attached hydrogen (secondary N) is 1. The fourth-order valence-electron chi connectivity index (χ4n) is 2.71. The van der Waals surface area contributed by atoms with Crippen LogP contribution in [0.3, 0.4) is 0 Å². The average molecular weight is 313 g/mol. The van der Waals surface area contributed by atoms with Gasteiger partial charge in [0.05, 0.1) is 13.2 Å². The van der Waals surface area contributed by atoms with E-state index < -0.39 is 18.0 Å². The zero-order chi connectivity index (χ0) is 16.4. The molecule has 1 rings (SSSR count). The number of esters is 2. The molecule has 1 N–H and O–H groups in total. The second-order valence-corrected chi connectivity index (χ2v) is 5.55. The fraction of sp³-hybridized carbons (Fsp3) is 0.812. The van der Waals surface area contributed by atoms with Crippen LogP contribution in [0.2, 0.25) is 0 Å². The minimum Gasteiger partial charge on any atom is -0.464 e. The highest BCUT2D eigenvalue weighted by Crippen LogP contribution is 2.27. The molecule has 0 aromatic heterocycles. The van der Waals surface area contributed by atoms with Crippen molar-refractivity contribution in [3.63, 3.8) is 0 Å². The summed E-state index contributed by atoms with van der Waals surface area (Å²) in [7, 11) is 0. The molecule has 0 unspecified atom stereocenters. The summed E-state index contributed by atoms with van der Waals surface area (Å²) in [6.07, 6.45) is 7.15. The molecule has 0 atom stereocenters. The number of carbonyl (C=O) groups is 3. The molecule has 0 aromatic carbocycles. The van der Waals surface area contributed by atoms with E-state index in [1.54, 1.807) is 13.8 Å². The molecule has 0 spiro atoms. The third kappa shape index (κ3) is 6.45. The monoisotopic (exact) mass is 313 g/mol. The molecule has 1 amide bonds. The fourth-order valence-corrected chi connectivity index (χ4v) is 2.71. The Labute approximate surface area is 131 Å².